The van der Waals surface area contributed by atoms with Gasteiger partial charge in [-0.05, 0) is 19.3 Å². The Morgan fingerprint density at radius 3 is 2.90 bits per heavy atom. The monoisotopic (exact) mass is 294 g/mol. The predicted octanol–water partition coefficient (Wildman–Crippen LogP) is 0.802. The summed E-state index contributed by atoms with van der Waals surface area (Å²) in [6.07, 6.45) is 5.39. The molecule has 2 aliphatic rings. The Labute approximate surface area is 123 Å². The molecule has 116 valence electrons. The Kier molecular flexibility index (Phi) is 4.21. The van der Waals surface area contributed by atoms with Gasteiger partial charge in [0.15, 0.2) is 5.82 Å². The lowest BCUT2D eigenvalue weighted by molar-refractivity contribution is -0.122. The highest BCUT2D eigenvalue weighted by atomic mass is 16.5. The molecule has 0 unspecified atom stereocenters. The van der Waals surface area contributed by atoms with Gasteiger partial charge in [0.1, 0.15) is 0 Å². The molecular formula is C14H22N4O3. The normalized spacial score (nSPS) is 27.5. The van der Waals surface area contributed by atoms with E-state index in [-0.39, 0.29) is 18.1 Å². The predicted molar refractivity (Wildman–Crippen MR) is 74.3 cm³/mol. The number of nitrogens with zero attached hydrogens (tertiary/aromatic N) is 3. The maximum atomic E-state index is 11.5. The summed E-state index contributed by atoms with van der Waals surface area (Å²) in [7, 11) is 1.65. The van der Waals surface area contributed by atoms with Crippen LogP contribution >= 0.6 is 0 Å². The molecule has 2 atom stereocenters. The van der Waals surface area contributed by atoms with Crippen LogP contribution in [0.3, 0.4) is 0 Å². The second kappa shape index (κ2) is 6.11. The Bertz CT molecular complexity index is 498. The van der Waals surface area contributed by atoms with Crippen molar-refractivity contribution in [3.8, 4) is 0 Å². The van der Waals surface area contributed by atoms with E-state index in [1.807, 2.05) is 4.90 Å². The van der Waals surface area contributed by atoms with E-state index < -0.39 is 0 Å². The van der Waals surface area contributed by atoms with Crippen LogP contribution in [0.4, 0.5) is 0 Å². The van der Waals surface area contributed by atoms with Gasteiger partial charge in [0, 0.05) is 19.6 Å². The zero-order valence-electron chi connectivity index (χ0n) is 12.3. The van der Waals surface area contributed by atoms with E-state index in [1.54, 1.807) is 7.11 Å². The van der Waals surface area contributed by atoms with Crippen molar-refractivity contribution in [1.82, 2.24) is 15.0 Å². The summed E-state index contributed by atoms with van der Waals surface area (Å²) in [6, 6.07) is -0.322. The molecule has 2 fully saturated rings. The first-order valence-corrected chi connectivity index (χ1v) is 7.56. The number of hydrogen-bond acceptors (Lipinski definition) is 6. The van der Waals surface area contributed by atoms with Gasteiger partial charge in [-0.25, -0.2) is 0 Å². The highest BCUT2D eigenvalue weighted by molar-refractivity contribution is 5.80. The number of methoxy groups -OCH3 is 1. The van der Waals surface area contributed by atoms with Gasteiger partial charge in [-0.3, -0.25) is 9.69 Å². The van der Waals surface area contributed by atoms with Crippen LogP contribution in [0.15, 0.2) is 4.52 Å². The van der Waals surface area contributed by atoms with Gasteiger partial charge in [-0.15, -0.1) is 0 Å². The van der Waals surface area contributed by atoms with Crippen LogP contribution in [0.5, 0.6) is 0 Å². The Hall–Kier alpha value is -1.47. The van der Waals surface area contributed by atoms with Crippen LogP contribution < -0.4 is 5.73 Å². The van der Waals surface area contributed by atoms with Crippen molar-refractivity contribution in [2.45, 2.75) is 56.7 Å². The molecule has 1 aliphatic heterocycles. The molecule has 21 heavy (non-hydrogen) atoms. The van der Waals surface area contributed by atoms with E-state index >= 15 is 0 Å². The molecule has 1 saturated carbocycles. The van der Waals surface area contributed by atoms with Crippen LogP contribution in [0, 0.1) is 0 Å². The summed E-state index contributed by atoms with van der Waals surface area (Å²) >= 11 is 0. The number of ether oxygens (including phenoxy) is 1. The minimum atomic E-state index is -0.329. The van der Waals surface area contributed by atoms with Gasteiger partial charge < -0.3 is 15.0 Å². The SMILES string of the molecule is CO[C@H]1C[C@@H](C(N)=O)N(Cc2nc(C3CCCC3)no2)C1. The van der Waals surface area contributed by atoms with Crippen LogP contribution in [0.25, 0.3) is 0 Å². The summed E-state index contributed by atoms with van der Waals surface area (Å²) in [5.74, 6) is 1.46. The standard InChI is InChI=1S/C14H22N4O3/c1-20-10-6-11(13(15)19)18(7-10)8-12-16-14(17-21-12)9-4-2-3-5-9/h9-11H,2-8H2,1H3,(H2,15,19)/t10-,11-/m0/s1. The molecule has 0 bridgehead atoms. The molecule has 0 spiro atoms. The fourth-order valence-electron chi connectivity index (χ4n) is 3.36. The second-order valence-electron chi connectivity index (χ2n) is 5.97. The van der Waals surface area contributed by atoms with Crippen molar-refractivity contribution < 1.29 is 14.1 Å². The van der Waals surface area contributed by atoms with Crippen LogP contribution in [-0.4, -0.2) is 46.7 Å². The molecule has 1 aliphatic carbocycles. The molecule has 1 saturated heterocycles. The van der Waals surface area contributed by atoms with E-state index in [0.717, 1.165) is 18.7 Å². The zero-order chi connectivity index (χ0) is 14.8. The van der Waals surface area contributed by atoms with Crippen molar-refractivity contribution in [2.24, 2.45) is 5.73 Å². The number of amides is 1. The number of hydrogen-bond donors (Lipinski definition) is 1. The lowest BCUT2D eigenvalue weighted by Crippen LogP contribution is -2.39. The van der Waals surface area contributed by atoms with Gasteiger partial charge in [0.25, 0.3) is 0 Å². The highest BCUT2D eigenvalue weighted by Crippen LogP contribution is 2.32. The summed E-state index contributed by atoms with van der Waals surface area (Å²) < 4.78 is 10.7. The Morgan fingerprint density at radius 2 is 2.24 bits per heavy atom. The minimum absolute atomic E-state index is 0.0275. The molecule has 1 amide bonds. The molecule has 7 heteroatoms. The first kappa shape index (κ1) is 14.5. The number of primary amides is 1. The smallest absolute Gasteiger partial charge is 0.240 e. The number of aromatic nitrogens is 2. The lowest BCUT2D eigenvalue weighted by atomic mass is 10.1. The van der Waals surface area contributed by atoms with E-state index in [9.17, 15) is 4.79 Å². The van der Waals surface area contributed by atoms with Gasteiger partial charge in [-0.1, -0.05) is 18.0 Å². The van der Waals surface area contributed by atoms with Crippen LogP contribution in [-0.2, 0) is 16.1 Å². The van der Waals surface area contributed by atoms with Crippen LogP contribution in [0.2, 0.25) is 0 Å². The van der Waals surface area contributed by atoms with Gasteiger partial charge in [-0.2, -0.15) is 4.98 Å². The third-order valence-corrected chi connectivity index (χ3v) is 4.57. The average molecular weight is 294 g/mol. The first-order chi connectivity index (χ1) is 10.2. The maximum absolute atomic E-state index is 11.5. The van der Waals surface area contributed by atoms with Crippen molar-refractivity contribution in [2.75, 3.05) is 13.7 Å². The lowest BCUT2D eigenvalue weighted by Gasteiger charge is -2.18. The summed E-state index contributed by atoms with van der Waals surface area (Å²) in [5.41, 5.74) is 5.46. The number of nitrogens with two attached hydrogens (primary N) is 1. The first-order valence-electron chi connectivity index (χ1n) is 7.56. The summed E-state index contributed by atoms with van der Waals surface area (Å²) in [6.45, 7) is 1.11. The van der Waals surface area contributed by atoms with Gasteiger partial charge in [0.2, 0.25) is 11.8 Å². The molecule has 2 N–H and O–H groups in total. The maximum Gasteiger partial charge on any atom is 0.240 e. The molecule has 3 rings (SSSR count). The minimum Gasteiger partial charge on any atom is -0.380 e. The topological polar surface area (TPSA) is 94.5 Å². The Balaban J connectivity index is 1.66. The molecule has 7 nitrogen and oxygen atoms in total. The fraction of sp³-hybridized carbons (Fsp3) is 0.786. The molecule has 0 aromatic carbocycles. The third-order valence-electron chi connectivity index (χ3n) is 4.57. The van der Waals surface area contributed by atoms with Crippen LogP contribution in [0.1, 0.15) is 49.7 Å². The quantitative estimate of drug-likeness (QED) is 0.863. The average Bonchev–Trinajstić information content (AvgIpc) is 3.18. The Morgan fingerprint density at radius 1 is 1.48 bits per heavy atom. The van der Waals surface area contributed by atoms with Crippen molar-refractivity contribution in [1.29, 1.82) is 0 Å². The second-order valence-corrected chi connectivity index (χ2v) is 5.97. The van der Waals surface area contributed by atoms with E-state index in [4.69, 9.17) is 15.0 Å². The summed E-state index contributed by atoms with van der Waals surface area (Å²) in [4.78, 5) is 18.0. The number of carbonyl (C=O) groups is 1. The zero-order valence-corrected chi connectivity index (χ0v) is 12.3. The third kappa shape index (κ3) is 3.08. The largest absolute Gasteiger partial charge is 0.380 e. The number of carbonyl (C=O) groups excluding carboxylic acids is 1. The van der Waals surface area contributed by atoms with Crippen molar-refractivity contribution in [3.63, 3.8) is 0 Å². The molecule has 0 radical (unpaired) electrons. The molecule has 1 aromatic rings. The fourth-order valence-corrected chi connectivity index (χ4v) is 3.36. The van der Waals surface area contributed by atoms with E-state index in [0.29, 0.717) is 31.3 Å². The number of rotatable bonds is 5. The van der Waals surface area contributed by atoms with E-state index in [2.05, 4.69) is 10.1 Å². The highest BCUT2D eigenvalue weighted by Gasteiger charge is 2.36. The van der Waals surface area contributed by atoms with Gasteiger partial charge in [0.05, 0.1) is 18.7 Å². The van der Waals surface area contributed by atoms with E-state index in [1.165, 1.54) is 12.8 Å². The number of likely N-dealkylation sites (tertiary alicyclic amines) is 1. The van der Waals surface area contributed by atoms with Crippen molar-refractivity contribution in [3.05, 3.63) is 11.7 Å². The summed E-state index contributed by atoms with van der Waals surface area (Å²) in [5, 5.41) is 4.09. The molecule has 1 aromatic heterocycles. The molecule has 2 heterocycles. The van der Waals surface area contributed by atoms with Gasteiger partial charge >= 0.3 is 0 Å². The molecular weight excluding hydrogens is 272 g/mol. The van der Waals surface area contributed by atoms with Crippen molar-refractivity contribution >= 4 is 5.91 Å².